The molecule has 256 valence electrons. The van der Waals surface area contributed by atoms with Crippen molar-refractivity contribution in [1.29, 1.82) is 0 Å². The quantitative estimate of drug-likeness (QED) is 0.100. The van der Waals surface area contributed by atoms with Crippen LogP contribution in [-0.4, -0.2) is 54.8 Å². The number of methoxy groups -OCH3 is 1. The van der Waals surface area contributed by atoms with Gasteiger partial charge in [0.2, 0.25) is 5.82 Å². The average Bonchev–Trinajstić information content (AvgIpc) is 3.35. The number of hydrogen-bond donors (Lipinski definition) is 1. The summed E-state index contributed by atoms with van der Waals surface area (Å²) in [6, 6.07) is 26.2. The lowest BCUT2D eigenvalue weighted by Crippen LogP contribution is -2.55. The Hall–Kier alpha value is -3.42. The number of alkyl halides is 2. The molecule has 1 N–H and O–H groups in total. The van der Waals surface area contributed by atoms with Crippen LogP contribution >= 0.6 is 15.9 Å². The van der Waals surface area contributed by atoms with E-state index in [4.69, 9.17) is 18.6 Å². The molecule has 8 nitrogen and oxygen atoms in total. The van der Waals surface area contributed by atoms with Gasteiger partial charge in [0.05, 0.1) is 19.9 Å². The van der Waals surface area contributed by atoms with Gasteiger partial charge in [0.15, 0.2) is 20.7 Å². The van der Waals surface area contributed by atoms with Gasteiger partial charge in [-0.1, -0.05) is 109 Å². The highest BCUT2D eigenvalue weighted by molar-refractivity contribution is 9.09. The van der Waals surface area contributed by atoms with Gasteiger partial charge in [-0.3, -0.25) is 14.3 Å². The van der Waals surface area contributed by atoms with Gasteiger partial charge in [0.1, 0.15) is 23.1 Å². The Balaban J connectivity index is 1.75. The molecule has 4 aromatic rings. The fourth-order valence-electron chi connectivity index (χ4n) is 5.69. The smallest absolute Gasteiger partial charge is 0.330 e. The molecule has 1 aliphatic heterocycles. The van der Waals surface area contributed by atoms with Crippen molar-refractivity contribution >= 4 is 24.2 Å². The number of aromatic amines is 1. The van der Waals surface area contributed by atoms with Crippen molar-refractivity contribution in [3.05, 3.63) is 134 Å². The second kappa shape index (κ2) is 13.8. The highest BCUT2D eigenvalue weighted by Crippen LogP contribution is 2.50. The number of nitrogens with one attached hydrogen (secondary N) is 1. The third-order valence-corrected chi connectivity index (χ3v) is 14.9. The van der Waals surface area contributed by atoms with Crippen LogP contribution in [0.1, 0.15) is 43.7 Å². The number of hydrogen-bond acceptors (Lipinski definition) is 6. The number of H-pyrrole nitrogens is 1. The summed E-state index contributed by atoms with van der Waals surface area (Å²) >= 11 is 3.59. The molecule has 0 spiro atoms. The van der Waals surface area contributed by atoms with Crippen molar-refractivity contribution in [2.45, 2.75) is 68.6 Å². The van der Waals surface area contributed by atoms with Crippen molar-refractivity contribution in [3.8, 4) is 5.75 Å². The van der Waals surface area contributed by atoms with E-state index in [9.17, 15) is 14.0 Å². The molecular formula is C36H41BrF2N2O6Si. The molecule has 0 aliphatic carbocycles. The monoisotopic (exact) mass is 742 g/mol. The molecule has 0 radical (unpaired) electrons. The van der Waals surface area contributed by atoms with Crippen molar-refractivity contribution in [2.24, 2.45) is 0 Å². The molecule has 4 atom stereocenters. The number of rotatable bonds is 11. The molecule has 0 saturated carbocycles. The van der Waals surface area contributed by atoms with E-state index in [2.05, 4.69) is 49.8 Å². The Kier molecular flexibility index (Phi) is 10.3. The van der Waals surface area contributed by atoms with Gasteiger partial charge in [-0.15, -0.1) is 0 Å². The van der Waals surface area contributed by atoms with E-state index in [1.165, 1.54) is 0 Å². The van der Waals surface area contributed by atoms with Gasteiger partial charge in [-0.2, -0.15) is 4.39 Å². The summed E-state index contributed by atoms with van der Waals surface area (Å²) < 4.78 is 58.5. The lowest BCUT2D eigenvalue weighted by molar-refractivity contribution is -0.151. The van der Waals surface area contributed by atoms with Gasteiger partial charge in [0.25, 0.3) is 5.56 Å². The topological polar surface area (TPSA) is 91.8 Å². The van der Waals surface area contributed by atoms with Crippen LogP contribution in [0.25, 0.3) is 0 Å². The van der Waals surface area contributed by atoms with Crippen LogP contribution in [0.5, 0.6) is 5.75 Å². The van der Waals surface area contributed by atoms with Gasteiger partial charge < -0.3 is 18.6 Å². The van der Waals surface area contributed by atoms with Crippen LogP contribution in [0.15, 0.2) is 101 Å². The Labute approximate surface area is 288 Å². The average molecular weight is 744 g/mol. The van der Waals surface area contributed by atoms with E-state index in [0.717, 1.165) is 4.57 Å². The summed E-state index contributed by atoms with van der Waals surface area (Å²) in [7, 11) is -0.871. The van der Waals surface area contributed by atoms with E-state index >= 15 is 4.39 Å². The third-order valence-electron chi connectivity index (χ3n) is 9.50. The van der Waals surface area contributed by atoms with Crippen molar-refractivity contribution in [3.63, 3.8) is 0 Å². The minimum atomic E-state index is -2.45. The summed E-state index contributed by atoms with van der Waals surface area (Å²) in [6.45, 7) is 10.3. The Morgan fingerprint density at radius 2 is 1.48 bits per heavy atom. The fourth-order valence-corrected chi connectivity index (χ4v) is 7.34. The molecule has 3 aromatic carbocycles. The lowest BCUT2D eigenvalue weighted by Gasteiger charge is -2.44. The lowest BCUT2D eigenvalue weighted by atomic mass is 9.79. The first-order chi connectivity index (χ1) is 22.7. The molecule has 0 unspecified atom stereocenters. The number of ether oxygens (including phenoxy) is 3. The first-order valence-electron chi connectivity index (χ1n) is 15.7. The van der Waals surface area contributed by atoms with Gasteiger partial charge in [0, 0.05) is 5.33 Å². The van der Waals surface area contributed by atoms with Crippen molar-refractivity contribution in [2.75, 3.05) is 19.0 Å². The zero-order valence-electron chi connectivity index (χ0n) is 27.8. The summed E-state index contributed by atoms with van der Waals surface area (Å²) in [5.41, 5.74) is -3.07. The molecule has 48 heavy (non-hydrogen) atoms. The van der Waals surface area contributed by atoms with E-state index in [1.807, 2.05) is 77.8 Å². The largest absolute Gasteiger partial charge is 0.497 e. The number of halogens is 3. The maximum atomic E-state index is 17.4. The molecule has 0 amide bonds. The molecule has 0 bridgehead atoms. The normalized spacial score (nSPS) is 21.7. The van der Waals surface area contributed by atoms with E-state index in [-0.39, 0.29) is 17.0 Å². The number of nitrogens with zero attached hydrogens (tertiary/aromatic N) is 1. The first-order valence-corrected chi connectivity index (χ1v) is 19.7. The molecule has 12 heteroatoms. The van der Waals surface area contributed by atoms with Crippen LogP contribution in [0.2, 0.25) is 18.1 Å². The Morgan fingerprint density at radius 3 is 1.98 bits per heavy atom. The molecule has 1 saturated heterocycles. The van der Waals surface area contributed by atoms with E-state index < -0.39 is 55.1 Å². The first kappa shape index (κ1) is 35.9. The van der Waals surface area contributed by atoms with Gasteiger partial charge in [-0.25, -0.2) is 9.18 Å². The SMILES string of the molecule is COc1ccc(C(O[C@H]2[C@H](F)[C@H](n3cc(F)c(=O)[nH]c3=O)O[C@]2(CBr)CO[Si](C)(C)C(C)(C)C)(c2ccccc2)c2ccccc2)cc1. The second-order valence-electron chi connectivity index (χ2n) is 13.5. The van der Waals surface area contributed by atoms with Crippen molar-refractivity contribution < 1.29 is 27.4 Å². The van der Waals surface area contributed by atoms with Crippen LogP contribution in [-0.2, 0) is 19.5 Å². The zero-order valence-corrected chi connectivity index (χ0v) is 30.4. The van der Waals surface area contributed by atoms with Crippen LogP contribution in [0.3, 0.4) is 0 Å². The zero-order chi connectivity index (χ0) is 34.9. The summed E-state index contributed by atoms with van der Waals surface area (Å²) in [5.74, 6) is -0.628. The van der Waals surface area contributed by atoms with Gasteiger partial charge in [-0.05, 0) is 47.0 Å². The Bertz CT molecular complexity index is 1780. The fraction of sp³-hybridized carbons (Fsp3) is 0.389. The van der Waals surface area contributed by atoms with Crippen LogP contribution < -0.4 is 16.0 Å². The molecule has 1 fully saturated rings. The van der Waals surface area contributed by atoms with Crippen LogP contribution in [0, 0.1) is 5.82 Å². The number of aromatic nitrogens is 2. The highest BCUT2D eigenvalue weighted by Gasteiger charge is 2.61. The molecule has 5 rings (SSSR count). The van der Waals surface area contributed by atoms with E-state index in [1.54, 1.807) is 19.2 Å². The maximum Gasteiger partial charge on any atom is 0.330 e. The molecule has 1 aromatic heterocycles. The predicted molar refractivity (Wildman–Crippen MR) is 187 cm³/mol. The predicted octanol–water partition coefficient (Wildman–Crippen LogP) is 7.08. The molecule has 1 aliphatic rings. The highest BCUT2D eigenvalue weighted by atomic mass is 79.9. The Morgan fingerprint density at radius 1 is 0.938 bits per heavy atom. The molecular weight excluding hydrogens is 702 g/mol. The maximum absolute atomic E-state index is 17.4. The van der Waals surface area contributed by atoms with E-state index in [0.29, 0.717) is 28.6 Å². The summed E-state index contributed by atoms with van der Waals surface area (Å²) in [6.07, 6.45) is -4.41. The summed E-state index contributed by atoms with van der Waals surface area (Å²) in [4.78, 5) is 26.8. The number of benzene rings is 3. The summed E-state index contributed by atoms with van der Waals surface area (Å²) in [5, 5.41) is -0.150. The standard InChI is InChI=1S/C36H41BrF2N2O6Si/c1-34(2,3)48(5,6)45-23-35(22-37)30(29(39)32(47-35)41-21-28(38)31(42)40-33(41)43)46-36(24-13-9-7-10-14-24,25-15-11-8-12-16-25)26-17-19-27(44-4)20-18-26/h7-21,29-30,32H,22-23H2,1-6H3,(H,40,42,43)/t29-,30-,32+,35+/m0/s1. The van der Waals surface area contributed by atoms with Crippen LogP contribution in [0.4, 0.5) is 8.78 Å². The second-order valence-corrected chi connectivity index (χ2v) is 18.9. The van der Waals surface area contributed by atoms with Gasteiger partial charge >= 0.3 is 5.69 Å². The third kappa shape index (κ3) is 6.60. The minimum absolute atomic E-state index is 0.0407. The van der Waals surface area contributed by atoms with Crippen molar-refractivity contribution in [1.82, 2.24) is 9.55 Å². The minimum Gasteiger partial charge on any atom is -0.497 e. The molecule has 2 heterocycles.